The van der Waals surface area contributed by atoms with Gasteiger partial charge in [0.2, 0.25) is 0 Å². The molecule has 2 N–H and O–H groups in total. The molecule has 0 spiro atoms. The normalized spacial score (nSPS) is 23.5. The SMILES string of the molecule is Cc1cc(COc2ccccc2)oc1C(=O)N1CC[C@@](C)(O)[C@@H](O)C1. The number of aliphatic hydroxyl groups excluding tert-OH is 1. The second-order valence-electron chi connectivity index (χ2n) is 6.70. The van der Waals surface area contributed by atoms with E-state index in [1.54, 1.807) is 19.9 Å². The summed E-state index contributed by atoms with van der Waals surface area (Å²) in [4.78, 5) is 14.2. The third-order valence-electron chi connectivity index (χ3n) is 4.57. The Kier molecular flexibility index (Phi) is 4.83. The highest BCUT2D eigenvalue weighted by atomic mass is 16.5. The number of ether oxygens (including phenoxy) is 1. The van der Waals surface area contributed by atoms with Crippen molar-refractivity contribution in [3.8, 4) is 5.75 Å². The van der Waals surface area contributed by atoms with Crippen molar-refractivity contribution < 1.29 is 24.2 Å². The summed E-state index contributed by atoms with van der Waals surface area (Å²) in [5.41, 5.74) is -0.438. The molecule has 134 valence electrons. The van der Waals surface area contributed by atoms with E-state index in [2.05, 4.69) is 0 Å². The van der Waals surface area contributed by atoms with Gasteiger partial charge in [-0.25, -0.2) is 0 Å². The molecule has 6 heteroatoms. The van der Waals surface area contributed by atoms with E-state index < -0.39 is 11.7 Å². The number of β-amino-alcohol motifs (C(OH)–C–C–N with tert-alkyl or cyclic N) is 1. The lowest BCUT2D eigenvalue weighted by molar-refractivity contribution is -0.100. The Morgan fingerprint density at radius 2 is 2.12 bits per heavy atom. The Bertz CT molecular complexity index is 738. The Balaban J connectivity index is 1.66. The lowest BCUT2D eigenvalue weighted by Gasteiger charge is -2.39. The summed E-state index contributed by atoms with van der Waals surface area (Å²) in [6.07, 6.45) is -0.648. The molecule has 1 aromatic carbocycles. The molecule has 2 atom stereocenters. The fraction of sp³-hybridized carbons (Fsp3) is 0.421. The first-order valence-corrected chi connectivity index (χ1v) is 8.34. The van der Waals surface area contributed by atoms with Crippen molar-refractivity contribution in [1.82, 2.24) is 4.90 Å². The highest BCUT2D eigenvalue weighted by Crippen LogP contribution is 2.25. The first-order chi connectivity index (χ1) is 11.9. The molecule has 1 aliphatic heterocycles. The molecule has 2 aromatic rings. The fourth-order valence-electron chi connectivity index (χ4n) is 2.86. The summed E-state index contributed by atoms with van der Waals surface area (Å²) in [6, 6.07) is 11.2. The number of aliphatic hydroxyl groups is 2. The Hall–Kier alpha value is -2.31. The monoisotopic (exact) mass is 345 g/mol. The van der Waals surface area contributed by atoms with Crippen LogP contribution < -0.4 is 4.74 Å². The zero-order valence-corrected chi connectivity index (χ0v) is 14.4. The molecule has 25 heavy (non-hydrogen) atoms. The molecule has 1 aromatic heterocycles. The zero-order chi connectivity index (χ0) is 18.0. The second-order valence-corrected chi connectivity index (χ2v) is 6.70. The van der Waals surface area contributed by atoms with Gasteiger partial charge in [-0.05, 0) is 38.5 Å². The van der Waals surface area contributed by atoms with E-state index in [4.69, 9.17) is 9.15 Å². The molecular formula is C19H23NO5. The number of aryl methyl sites for hydroxylation is 1. The van der Waals surface area contributed by atoms with E-state index in [-0.39, 0.29) is 24.8 Å². The molecule has 0 aliphatic carbocycles. The number of amides is 1. The van der Waals surface area contributed by atoms with Gasteiger partial charge >= 0.3 is 0 Å². The smallest absolute Gasteiger partial charge is 0.289 e. The van der Waals surface area contributed by atoms with Crippen LogP contribution in [-0.4, -0.2) is 45.8 Å². The van der Waals surface area contributed by atoms with Crippen LogP contribution in [0.25, 0.3) is 0 Å². The number of carbonyl (C=O) groups is 1. The number of nitrogens with zero attached hydrogens (tertiary/aromatic N) is 1. The first-order valence-electron chi connectivity index (χ1n) is 8.34. The molecule has 1 amide bonds. The van der Waals surface area contributed by atoms with Gasteiger partial charge < -0.3 is 24.3 Å². The van der Waals surface area contributed by atoms with Crippen LogP contribution in [0.1, 0.15) is 35.2 Å². The molecule has 1 aliphatic rings. The van der Waals surface area contributed by atoms with Gasteiger partial charge in [-0.2, -0.15) is 0 Å². The maximum absolute atomic E-state index is 12.7. The van der Waals surface area contributed by atoms with Crippen LogP contribution in [-0.2, 0) is 6.61 Å². The minimum absolute atomic E-state index is 0.0851. The summed E-state index contributed by atoms with van der Waals surface area (Å²) in [7, 11) is 0. The minimum atomic E-state index is -1.16. The predicted molar refractivity (Wildman–Crippen MR) is 91.4 cm³/mol. The Morgan fingerprint density at radius 3 is 2.80 bits per heavy atom. The van der Waals surface area contributed by atoms with Crippen molar-refractivity contribution in [1.29, 1.82) is 0 Å². The summed E-state index contributed by atoms with van der Waals surface area (Å²) >= 11 is 0. The molecule has 3 rings (SSSR count). The number of para-hydroxylation sites is 1. The summed E-state index contributed by atoms with van der Waals surface area (Å²) in [5.74, 6) is 1.26. The van der Waals surface area contributed by atoms with Crippen LogP contribution in [0.5, 0.6) is 5.75 Å². The minimum Gasteiger partial charge on any atom is -0.486 e. The number of likely N-dealkylation sites (tertiary alicyclic amines) is 1. The third-order valence-corrected chi connectivity index (χ3v) is 4.57. The van der Waals surface area contributed by atoms with Gasteiger partial charge in [0.1, 0.15) is 18.1 Å². The summed E-state index contributed by atoms with van der Waals surface area (Å²) in [5, 5.41) is 20.0. The molecule has 0 saturated carbocycles. The first kappa shape index (κ1) is 17.5. The van der Waals surface area contributed by atoms with Gasteiger partial charge in [-0.15, -0.1) is 0 Å². The van der Waals surface area contributed by atoms with Gasteiger partial charge in [-0.3, -0.25) is 4.79 Å². The van der Waals surface area contributed by atoms with Gasteiger partial charge in [0.25, 0.3) is 5.91 Å². The van der Waals surface area contributed by atoms with Crippen molar-refractivity contribution in [3.05, 3.63) is 53.5 Å². The number of hydrogen-bond acceptors (Lipinski definition) is 5. The highest BCUT2D eigenvalue weighted by molar-refractivity contribution is 5.93. The van der Waals surface area contributed by atoms with Crippen LogP contribution in [0.2, 0.25) is 0 Å². The van der Waals surface area contributed by atoms with Crippen molar-refractivity contribution in [2.24, 2.45) is 0 Å². The van der Waals surface area contributed by atoms with Gasteiger partial charge in [0.05, 0.1) is 11.7 Å². The molecule has 1 saturated heterocycles. The second kappa shape index (κ2) is 6.90. The average molecular weight is 345 g/mol. The van der Waals surface area contributed by atoms with Crippen molar-refractivity contribution in [2.75, 3.05) is 13.1 Å². The maximum Gasteiger partial charge on any atom is 0.289 e. The van der Waals surface area contributed by atoms with E-state index in [0.29, 0.717) is 18.7 Å². The van der Waals surface area contributed by atoms with Crippen LogP contribution in [0.4, 0.5) is 0 Å². The van der Waals surface area contributed by atoms with Crippen LogP contribution in [0.15, 0.2) is 40.8 Å². The van der Waals surface area contributed by atoms with Gasteiger partial charge in [0, 0.05) is 18.7 Å². The topological polar surface area (TPSA) is 83.1 Å². The van der Waals surface area contributed by atoms with Crippen molar-refractivity contribution in [3.63, 3.8) is 0 Å². The number of furan rings is 1. The van der Waals surface area contributed by atoms with Crippen molar-refractivity contribution in [2.45, 2.75) is 38.6 Å². The molecule has 6 nitrogen and oxygen atoms in total. The van der Waals surface area contributed by atoms with E-state index in [0.717, 1.165) is 11.3 Å². The van der Waals surface area contributed by atoms with E-state index in [9.17, 15) is 15.0 Å². The molecular weight excluding hydrogens is 322 g/mol. The number of piperidine rings is 1. The average Bonchev–Trinajstić information content (AvgIpc) is 2.96. The zero-order valence-electron chi connectivity index (χ0n) is 14.4. The molecule has 1 fully saturated rings. The Morgan fingerprint density at radius 1 is 1.40 bits per heavy atom. The number of rotatable bonds is 4. The summed E-state index contributed by atoms with van der Waals surface area (Å²) < 4.78 is 11.3. The standard InChI is InChI=1S/C19H23NO5/c1-13-10-15(12-24-14-6-4-3-5-7-14)25-17(13)18(22)20-9-8-19(2,23)16(21)11-20/h3-7,10,16,21,23H,8-9,11-12H2,1-2H3/t16-,19+/m0/s1. The number of benzene rings is 1. The fourth-order valence-corrected chi connectivity index (χ4v) is 2.86. The Labute approximate surface area is 146 Å². The lowest BCUT2D eigenvalue weighted by atomic mass is 9.90. The van der Waals surface area contributed by atoms with Crippen molar-refractivity contribution >= 4 is 5.91 Å². The van der Waals surface area contributed by atoms with Crippen LogP contribution >= 0.6 is 0 Å². The van der Waals surface area contributed by atoms with Crippen LogP contribution in [0, 0.1) is 6.92 Å². The van der Waals surface area contributed by atoms with Gasteiger partial charge in [-0.1, -0.05) is 18.2 Å². The number of hydrogen-bond donors (Lipinski definition) is 2. The largest absolute Gasteiger partial charge is 0.486 e. The highest BCUT2D eigenvalue weighted by Gasteiger charge is 2.39. The number of carbonyl (C=O) groups excluding carboxylic acids is 1. The van der Waals surface area contributed by atoms with E-state index in [1.165, 1.54) is 4.90 Å². The van der Waals surface area contributed by atoms with E-state index >= 15 is 0 Å². The molecule has 0 unspecified atom stereocenters. The maximum atomic E-state index is 12.7. The predicted octanol–water partition coefficient (Wildman–Crippen LogP) is 2.12. The summed E-state index contributed by atoms with van der Waals surface area (Å²) in [6.45, 7) is 4.08. The van der Waals surface area contributed by atoms with Gasteiger partial charge in [0.15, 0.2) is 5.76 Å². The third kappa shape index (κ3) is 3.86. The molecule has 0 bridgehead atoms. The van der Waals surface area contributed by atoms with Crippen LogP contribution in [0.3, 0.4) is 0 Å². The quantitative estimate of drug-likeness (QED) is 0.887. The lowest BCUT2D eigenvalue weighted by Crippen LogP contribution is -2.55. The molecule has 0 radical (unpaired) electrons. The molecule has 2 heterocycles. The van der Waals surface area contributed by atoms with E-state index in [1.807, 2.05) is 30.3 Å².